The summed E-state index contributed by atoms with van der Waals surface area (Å²) < 4.78 is 0. The van der Waals surface area contributed by atoms with Crippen LogP contribution in [0.3, 0.4) is 0 Å². The number of benzene rings is 2. The van der Waals surface area contributed by atoms with Crippen LogP contribution >= 0.6 is 0 Å². The van der Waals surface area contributed by atoms with Gasteiger partial charge in [-0.15, -0.1) is 0 Å². The fraction of sp³-hybridized carbons (Fsp3) is 0.391. The first-order valence-electron chi connectivity index (χ1n) is 10.4. The highest BCUT2D eigenvalue weighted by molar-refractivity contribution is 6.01. The van der Waals surface area contributed by atoms with Crippen molar-refractivity contribution in [1.82, 2.24) is 4.90 Å². The monoisotopic (exact) mass is 409 g/mol. The van der Waals surface area contributed by atoms with Crippen LogP contribution in [0.4, 0.5) is 11.4 Å². The molecule has 1 N–H and O–H groups in total. The molecular formula is C23H27N3O4. The maximum absolute atomic E-state index is 13.0. The Kier molecular flexibility index (Phi) is 6.82. The maximum atomic E-state index is 13.0. The predicted molar refractivity (Wildman–Crippen MR) is 116 cm³/mol. The second-order valence-electron chi connectivity index (χ2n) is 7.70. The molecule has 1 heterocycles. The van der Waals surface area contributed by atoms with E-state index in [4.69, 9.17) is 0 Å². The van der Waals surface area contributed by atoms with Crippen molar-refractivity contribution in [1.29, 1.82) is 0 Å². The molecular weight excluding hydrogens is 382 g/mol. The number of nitro benzene ring substituents is 1. The lowest BCUT2D eigenvalue weighted by Crippen LogP contribution is -2.43. The molecule has 158 valence electrons. The number of carbonyl (C=O) groups excluding carboxylic acids is 2. The Bertz CT molecular complexity index is 940. The molecule has 30 heavy (non-hydrogen) atoms. The lowest BCUT2D eigenvalue weighted by molar-refractivity contribution is -0.385. The van der Waals surface area contributed by atoms with Gasteiger partial charge in [0, 0.05) is 29.4 Å². The molecule has 0 aliphatic carbocycles. The molecule has 1 saturated heterocycles. The summed E-state index contributed by atoms with van der Waals surface area (Å²) in [6.07, 6.45) is 4.62. The van der Waals surface area contributed by atoms with Crippen molar-refractivity contribution in [2.75, 3.05) is 11.9 Å². The number of carbonyl (C=O) groups is 2. The highest BCUT2D eigenvalue weighted by atomic mass is 16.6. The molecule has 2 amide bonds. The summed E-state index contributed by atoms with van der Waals surface area (Å²) in [6, 6.07) is 11.6. The molecule has 2 aromatic rings. The van der Waals surface area contributed by atoms with Crippen LogP contribution < -0.4 is 5.32 Å². The van der Waals surface area contributed by atoms with Crippen LogP contribution in [0.25, 0.3) is 0 Å². The van der Waals surface area contributed by atoms with Gasteiger partial charge in [0.15, 0.2) is 0 Å². The first-order chi connectivity index (χ1) is 14.4. The SMILES string of the molecule is CCCCc1ccc(NC(=O)C2CCCN2C(=O)c2ccc([N+](=O)[O-])c(C)c2)cc1. The van der Waals surface area contributed by atoms with Gasteiger partial charge in [0.25, 0.3) is 11.6 Å². The van der Waals surface area contributed by atoms with E-state index in [0.717, 1.165) is 25.7 Å². The summed E-state index contributed by atoms with van der Waals surface area (Å²) in [7, 11) is 0. The fourth-order valence-electron chi connectivity index (χ4n) is 3.80. The minimum atomic E-state index is -0.548. The lowest BCUT2D eigenvalue weighted by Gasteiger charge is -2.24. The van der Waals surface area contributed by atoms with Crippen molar-refractivity contribution in [2.45, 2.75) is 52.0 Å². The van der Waals surface area contributed by atoms with Crippen molar-refractivity contribution in [3.63, 3.8) is 0 Å². The van der Waals surface area contributed by atoms with Gasteiger partial charge in [0.05, 0.1) is 4.92 Å². The average molecular weight is 409 g/mol. The summed E-state index contributed by atoms with van der Waals surface area (Å²) in [5, 5.41) is 13.9. The molecule has 1 fully saturated rings. The standard InChI is InChI=1S/C23H27N3O4/c1-3-4-6-17-8-11-19(12-9-17)24-22(27)21-7-5-14-25(21)23(28)18-10-13-20(26(29)30)16(2)15-18/h8-13,15,21H,3-7,14H2,1-2H3,(H,24,27). The highest BCUT2D eigenvalue weighted by Crippen LogP contribution is 2.25. The van der Waals surface area contributed by atoms with Gasteiger partial charge >= 0.3 is 0 Å². The zero-order valence-corrected chi connectivity index (χ0v) is 17.4. The maximum Gasteiger partial charge on any atom is 0.272 e. The van der Waals surface area contributed by atoms with Gasteiger partial charge in [-0.05, 0) is 62.4 Å². The summed E-state index contributed by atoms with van der Waals surface area (Å²) in [5.41, 5.74) is 2.71. The van der Waals surface area contributed by atoms with Crippen LogP contribution in [0.15, 0.2) is 42.5 Å². The number of hydrogen-bond donors (Lipinski definition) is 1. The highest BCUT2D eigenvalue weighted by Gasteiger charge is 2.34. The number of likely N-dealkylation sites (tertiary alicyclic amines) is 1. The molecule has 0 bridgehead atoms. The van der Waals surface area contributed by atoms with E-state index >= 15 is 0 Å². The number of hydrogen-bond acceptors (Lipinski definition) is 4. The number of nitrogens with zero attached hydrogens (tertiary/aromatic N) is 2. The van der Waals surface area contributed by atoms with E-state index in [1.54, 1.807) is 11.8 Å². The van der Waals surface area contributed by atoms with E-state index in [1.165, 1.54) is 23.8 Å². The number of amides is 2. The van der Waals surface area contributed by atoms with Gasteiger partial charge in [-0.2, -0.15) is 0 Å². The molecule has 7 nitrogen and oxygen atoms in total. The number of nitrogens with one attached hydrogen (secondary N) is 1. The van der Waals surface area contributed by atoms with Crippen molar-refractivity contribution < 1.29 is 14.5 Å². The van der Waals surface area contributed by atoms with Gasteiger partial charge in [-0.1, -0.05) is 25.5 Å². The topological polar surface area (TPSA) is 92.6 Å². The number of anilines is 1. The Hall–Kier alpha value is -3.22. The molecule has 7 heteroatoms. The zero-order valence-electron chi connectivity index (χ0n) is 17.4. The molecule has 1 aliphatic rings. The van der Waals surface area contributed by atoms with Crippen molar-refractivity contribution in [2.24, 2.45) is 0 Å². The van der Waals surface area contributed by atoms with Gasteiger partial charge in [-0.3, -0.25) is 19.7 Å². The Labute approximate surface area is 176 Å². The van der Waals surface area contributed by atoms with Crippen molar-refractivity contribution >= 4 is 23.2 Å². The molecule has 0 spiro atoms. The molecule has 1 atom stereocenters. The third-order valence-electron chi connectivity index (χ3n) is 5.50. The third kappa shape index (κ3) is 4.84. The molecule has 0 radical (unpaired) electrons. The molecule has 1 aliphatic heterocycles. The summed E-state index contributed by atoms with van der Waals surface area (Å²) >= 11 is 0. The largest absolute Gasteiger partial charge is 0.327 e. The minimum absolute atomic E-state index is 0.0235. The minimum Gasteiger partial charge on any atom is -0.327 e. The van der Waals surface area contributed by atoms with Crippen LogP contribution in [0.2, 0.25) is 0 Å². The van der Waals surface area contributed by atoms with Crippen LogP contribution in [0.1, 0.15) is 54.1 Å². The van der Waals surface area contributed by atoms with Gasteiger partial charge in [-0.25, -0.2) is 0 Å². The quantitative estimate of drug-likeness (QED) is 0.539. The average Bonchev–Trinajstić information content (AvgIpc) is 3.22. The van der Waals surface area contributed by atoms with Crippen molar-refractivity contribution in [3.8, 4) is 0 Å². The second kappa shape index (κ2) is 9.52. The smallest absolute Gasteiger partial charge is 0.272 e. The van der Waals surface area contributed by atoms with E-state index in [2.05, 4.69) is 12.2 Å². The van der Waals surface area contributed by atoms with E-state index < -0.39 is 11.0 Å². The van der Waals surface area contributed by atoms with E-state index in [-0.39, 0.29) is 17.5 Å². The van der Waals surface area contributed by atoms with E-state index in [9.17, 15) is 19.7 Å². The normalized spacial score (nSPS) is 15.8. The predicted octanol–water partition coefficient (Wildman–Crippen LogP) is 4.49. The summed E-state index contributed by atoms with van der Waals surface area (Å²) in [6.45, 7) is 4.25. The molecule has 0 aromatic heterocycles. The van der Waals surface area contributed by atoms with E-state index in [0.29, 0.717) is 29.8 Å². The zero-order chi connectivity index (χ0) is 21.7. The lowest BCUT2D eigenvalue weighted by atomic mass is 10.1. The first kappa shape index (κ1) is 21.5. The molecule has 3 rings (SSSR count). The summed E-state index contributed by atoms with van der Waals surface area (Å²) in [4.78, 5) is 37.9. The number of rotatable bonds is 7. The Morgan fingerprint density at radius 2 is 1.93 bits per heavy atom. The van der Waals surface area contributed by atoms with Crippen LogP contribution in [0, 0.1) is 17.0 Å². The second-order valence-corrected chi connectivity index (χ2v) is 7.70. The van der Waals surface area contributed by atoms with Crippen LogP contribution in [0.5, 0.6) is 0 Å². The summed E-state index contributed by atoms with van der Waals surface area (Å²) in [5.74, 6) is -0.485. The first-order valence-corrected chi connectivity index (χ1v) is 10.4. The van der Waals surface area contributed by atoms with E-state index in [1.807, 2.05) is 24.3 Å². The van der Waals surface area contributed by atoms with Gasteiger partial charge in [0.1, 0.15) is 6.04 Å². The Morgan fingerprint density at radius 3 is 2.57 bits per heavy atom. The number of aryl methyl sites for hydroxylation is 2. The van der Waals surface area contributed by atoms with Gasteiger partial charge in [0.2, 0.25) is 5.91 Å². The number of unbranched alkanes of at least 4 members (excludes halogenated alkanes) is 1. The Morgan fingerprint density at radius 1 is 1.20 bits per heavy atom. The van der Waals surface area contributed by atoms with Crippen LogP contribution in [-0.4, -0.2) is 34.2 Å². The molecule has 1 unspecified atom stereocenters. The van der Waals surface area contributed by atoms with Gasteiger partial charge < -0.3 is 10.2 Å². The molecule has 0 saturated carbocycles. The van der Waals surface area contributed by atoms with Crippen LogP contribution in [-0.2, 0) is 11.2 Å². The fourth-order valence-corrected chi connectivity index (χ4v) is 3.80. The Balaban J connectivity index is 1.68. The third-order valence-corrected chi connectivity index (χ3v) is 5.50. The number of nitro groups is 1. The molecule has 2 aromatic carbocycles. The van der Waals surface area contributed by atoms with Crippen molar-refractivity contribution in [3.05, 3.63) is 69.3 Å².